The van der Waals surface area contributed by atoms with E-state index in [1.54, 1.807) is 12.4 Å². The van der Waals surface area contributed by atoms with Crippen LogP contribution in [-0.2, 0) is 6.54 Å². The maximum absolute atomic E-state index is 8.95. The van der Waals surface area contributed by atoms with Crippen LogP contribution in [0.5, 0.6) is 0 Å². The number of aromatic nitrogens is 2. The van der Waals surface area contributed by atoms with E-state index >= 15 is 0 Å². The zero-order valence-electron chi connectivity index (χ0n) is 8.99. The molecule has 0 bridgehead atoms. The largest absolute Gasteiger partial charge is 0.377 e. The normalized spacial score (nSPS) is 9.75. The first-order valence-corrected chi connectivity index (χ1v) is 5.02. The Morgan fingerprint density at radius 3 is 3.06 bits per heavy atom. The van der Waals surface area contributed by atoms with Crippen molar-refractivity contribution in [2.75, 3.05) is 5.32 Å². The van der Waals surface area contributed by atoms with Gasteiger partial charge in [0, 0.05) is 12.4 Å². The van der Waals surface area contributed by atoms with Gasteiger partial charge in [0.25, 0.3) is 0 Å². The summed E-state index contributed by atoms with van der Waals surface area (Å²) in [6.45, 7) is 2.59. The summed E-state index contributed by atoms with van der Waals surface area (Å²) in [6.07, 6.45) is 3.48. The van der Waals surface area contributed by atoms with E-state index in [1.165, 1.54) is 0 Å². The predicted molar refractivity (Wildman–Crippen MR) is 61.8 cm³/mol. The van der Waals surface area contributed by atoms with Crippen molar-refractivity contribution in [3.63, 3.8) is 0 Å². The highest BCUT2D eigenvalue weighted by Gasteiger charge is 2.02. The summed E-state index contributed by atoms with van der Waals surface area (Å²) < 4.78 is 0. The molecular formula is C12H12N4. The standard InChI is InChI=1S/C12H12N4/c1-9-2-3-10(7-13)11(6-9)16-8-12-14-4-5-15-12/h2-6,16H,8H2,1H3,(H,14,15). The first-order valence-electron chi connectivity index (χ1n) is 5.02. The highest BCUT2D eigenvalue weighted by Crippen LogP contribution is 2.16. The smallest absolute Gasteiger partial charge is 0.125 e. The third kappa shape index (κ3) is 2.20. The van der Waals surface area contributed by atoms with Crippen LogP contribution in [0, 0.1) is 18.3 Å². The van der Waals surface area contributed by atoms with Crippen LogP contribution < -0.4 is 5.32 Å². The second-order valence-electron chi connectivity index (χ2n) is 3.55. The molecule has 1 aromatic carbocycles. The molecule has 0 aliphatic carbocycles. The van der Waals surface area contributed by atoms with Crippen molar-refractivity contribution in [3.05, 3.63) is 47.5 Å². The van der Waals surface area contributed by atoms with E-state index in [4.69, 9.17) is 5.26 Å². The van der Waals surface area contributed by atoms with Gasteiger partial charge in [-0.3, -0.25) is 0 Å². The van der Waals surface area contributed by atoms with Gasteiger partial charge in [0.05, 0.1) is 17.8 Å². The molecule has 1 heterocycles. The minimum atomic E-state index is 0.588. The molecule has 0 saturated heterocycles. The number of rotatable bonds is 3. The number of hydrogen-bond acceptors (Lipinski definition) is 3. The minimum absolute atomic E-state index is 0.588. The molecule has 4 heteroatoms. The fourth-order valence-corrected chi connectivity index (χ4v) is 1.48. The van der Waals surface area contributed by atoms with Crippen LogP contribution in [0.2, 0.25) is 0 Å². The summed E-state index contributed by atoms with van der Waals surface area (Å²) in [5, 5.41) is 12.1. The Morgan fingerprint density at radius 2 is 2.38 bits per heavy atom. The lowest BCUT2D eigenvalue weighted by atomic mass is 10.1. The van der Waals surface area contributed by atoms with Gasteiger partial charge in [0.2, 0.25) is 0 Å². The molecule has 0 amide bonds. The minimum Gasteiger partial charge on any atom is -0.377 e. The Hall–Kier alpha value is -2.28. The molecule has 1 aromatic heterocycles. The highest BCUT2D eigenvalue weighted by molar-refractivity contribution is 5.58. The van der Waals surface area contributed by atoms with Gasteiger partial charge in [0.15, 0.2) is 0 Å². The number of H-pyrrole nitrogens is 1. The number of hydrogen-bond donors (Lipinski definition) is 2. The molecule has 0 atom stereocenters. The third-order valence-corrected chi connectivity index (χ3v) is 2.30. The number of nitrogens with one attached hydrogen (secondary N) is 2. The Morgan fingerprint density at radius 1 is 1.50 bits per heavy atom. The lowest BCUT2D eigenvalue weighted by Crippen LogP contribution is -2.03. The van der Waals surface area contributed by atoms with Crippen LogP contribution in [0.4, 0.5) is 5.69 Å². The van der Waals surface area contributed by atoms with Crippen LogP contribution in [0.3, 0.4) is 0 Å². The van der Waals surface area contributed by atoms with E-state index in [9.17, 15) is 0 Å². The van der Waals surface area contributed by atoms with E-state index in [1.807, 2.05) is 25.1 Å². The van der Waals surface area contributed by atoms with Gasteiger partial charge < -0.3 is 10.3 Å². The molecule has 0 radical (unpaired) electrons. The maximum Gasteiger partial charge on any atom is 0.125 e. The number of nitrogens with zero attached hydrogens (tertiary/aromatic N) is 2. The molecule has 0 fully saturated rings. The number of anilines is 1. The Balaban J connectivity index is 2.15. The third-order valence-electron chi connectivity index (χ3n) is 2.30. The molecule has 4 nitrogen and oxygen atoms in total. The monoisotopic (exact) mass is 212 g/mol. The van der Waals surface area contributed by atoms with Gasteiger partial charge in [-0.2, -0.15) is 5.26 Å². The van der Waals surface area contributed by atoms with E-state index < -0.39 is 0 Å². The molecular weight excluding hydrogens is 200 g/mol. The Bertz CT molecular complexity index is 508. The molecule has 2 rings (SSSR count). The number of aromatic amines is 1. The van der Waals surface area contributed by atoms with Crippen molar-refractivity contribution in [2.24, 2.45) is 0 Å². The van der Waals surface area contributed by atoms with Crippen LogP contribution in [0.15, 0.2) is 30.6 Å². The number of imidazole rings is 1. The fourth-order valence-electron chi connectivity index (χ4n) is 1.48. The zero-order chi connectivity index (χ0) is 11.4. The SMILES string of the molecule is Cc1ccc(C#N)c(NCc2ncc[nH]2)c1. The number of benzene rings is 1. The summed E-state index contributed by atoms with van der Waals surface area (Å²) in [5.41, 5.74) is 2.62. The maximum atomic E-state index is 8.95. The van der Waals surface area contributed by atoms with Crippen molar-refractivity contribution >= 4 is 5.69 Å². The number of aryl methyl sites for hydroxylation is 1. The molecule has 0 unspecified atom stereocenters. The van der Waals surface area contributed by atoms with Crippen molar-refractivity contribution in [1.82, 2.24) is 9.97 Å². The zero-order valence-corrected chi connectivity index (χ0v) is 8.99. The molecule has 16 heavy (non-hydrogen) atoms. The quantitative estimate of drug-likeness (QED) is 0.819. The van der Waals surface area contributed by atoms with Gasteiger partial charge in [-0.15, -0.1) is 0 Å². The van der Waals surface area contributed by atoms with Gasteiger partial charge in [-0.1, -0.05) is 6.07 Å². The van der Waals surface area contributed by atoms with E-state index in [0.29, 0.717) is 12.1 Å². The highest BCUT2D eigenvalue weighted by atomic mass is 15.0. The van der Waals surface area contributed by atoms with E-state index in [-0.39, 0.29) is 0 Å². The van der Waals surface area contributed by atoms with Crippen molar-refractivity contribution in [1.29, 1.82) is 5.26 Å². The second-order valence-corrected chi connectivity index (χ2v) is 3.55. The average molecular weight is 212 g/mol. The predicted octanol–water partition coefficient (Wildman–Crippen LogP) is 2.20. The van der Waals surface area contributed by atoms with Gasteiger partial charge >= 0.3 is 0 Å². The molecule has 80 valence electrons. The van der Waals surface area contributed by atoms with Gasteiger partial charge in [0.1, 0.15) is 11.9 Å². The van der Waals surface area contributed by atoms with Crippen molar-refractivity contribution < 1.29 is 0 Å². The van der Waals surface area contributed by atoms with E-state index in [2.05, 4.69) is 21.4 Å². The molecule has 0 spiro atoms. The summed E-state index contributed by atoms with van der Waals surface area (Å²) >= 11 is 0. The van der Waals surface area contributed by atoms with Crippen molar-refractivity contribution in [3.8, 4) is 6.07 Å². The van der Waals surface area contributed by atoms with Crippen LogP contribution in [-0.4, -0.2) is 9.97 Å². The van der Waals surface area contributed by atoms with Crippen LogP contribution >= 0.6 is 0 Å². The van der Waals surface area contributed by atoms with Gasteiger partial charge in [-0.05, 0) is 24.6 Å². The van der Waals surface area contributed by atoms with Gasteiger partial charge in [-0.25, -0.2) is 4.98 Å². The lowest BCUT2D eigenvalue weighted by Gasteiger charge is -2.07. The molecule has 2 aromatic rings. The molecule has 2 N–H and O–H groups in total. The Kier molecular flexibility index (Phi) is 2.88. The first-order chi connectivity index (χ1) is 7.79. The Labute approximate surface area is 94.0 Å². The lowest BCUT2D eigenvalue weighted by molar-refractivity contribution is 0.998. The molecule has 0 aliphatic rings. The number of nitriles is 1. The summed E-state index contributed by atoms with van der Waals surface area (Å²) in [6, 6.07) is 7.87. The topological polar surface area (TPSA) is 64.5 Å². The summed E-state index contributed by atoms with van der Waals surface area (Å²) in [4.78, 5) is 7.11. The summed E-state index contributed by atoms with van der Waals surface area (Å²) in [7, 11) is 0. The molecule has 0 saturated carbocycles. The van der Waals surface area contributed by atoms with Crippen LogP contribution in [0.25, 0.3) is 0 Å². The second kappa shape index (κ2) is 4.49. The van der Waals surface area contributed by atoms with Crippen LogP contribution in [0.1, 0.15) is 17.0 Å². The van der Waals surface area contributed by atoms with E-state index in [0.717, 1.165) is 17.1 Å². The van der Waals surface area contributed by atoms with Crippen molar-refractivity contribution in [2.45, 2.75) is 13.5 Å². The summed E-state index contributed by atoms with van der Waals surface area (Å²) in [5.74, 6) is 0.852. The fraction of sp³-hybridized carbons (Fsp3) is 0.167. The average Bonchev–Trinajstić information content (AvgIpc) is 2.79. The first kappa shape index (κ1) is 10.2. The molecule has 0 aliphatic heterocycles.